The molecule has 1 aliphatic carbocycles. The molecule has 0 spiro atoms. The smallest absolute Gasteiger partial charge is 0.160 e. The molecule has 0 fully saturated rings. The molecular formula is C46H30N4. The topological polar surface area (TPSA) is 34.0 Å². The van der Waals surface area contributed by atoms with Crippen LogP contribution < -0.4 is 4.90 Å². The molecule has 3 heterocycles. The van der Waals surface area contributed by atoms with Crippen LogP contribution in [-0.4, -0.2) is 20.6 Å². The third-order valence-corrected chi connectivity index (χ3v) is 10.6. The summed E-state index contributed by atoms with van der Waals surface area (Å²) >= 11 is 0. The largest absolute Gasteiger partial charge is 0.316 e. The fourth-order valence-corrected chi connectivity index (χ4v) is 8.39. The minimum atomic E-state index is 0.0672. The SMILES string of the molecule is C1=CC2c3cc4c5cc6ccccc6cc5n(-c5cccc6ccccc56)c4cc3N(c3nc4ccccc4nc3-c3ccccc3)C2C=C1. The Morgan fingerprint density at radius 1 is 0.480 bits per heavy atom. The van der Waals surface area contributed by atoms with Gasteiger partial charge in [0.25, 0.3) is 0 Å². The highest BCUT2D eigenvalue weighted by Gasteiger charge is 2.40. The summed E-state index contributed by atoms with van der Waals surface area (Å²) in [6.45, 7) is 0. The van der Waals surface area contributed by atoms with Crippen molar-refractivity contribution in [3.8, 4) is 16.9 Å². The van der Waals surface area contributed by atoms with E-state index >= 15 is 0 Å². The Morgan fingerprint density at radius 3 is 2.00 bits per heavy atom. The number of hydrogen-bond donors (Lipinski definition) is 0. The second-order valence-corrected chi connectivity index (χ2v) is 13.4. The Kier molecular flexibility index (Phi) is 5.75. The van der Waals surface area contributed by atoms with E-state index in [0.29, 0.717) is 0 Å². The molecule has 2 unspecified atom stereocenters. The molecule has 1 aliphatic heterocycles. The summed E-state index contributed by atoms with van der Waals surface area (Å²) in [5, 5.41) is 7.45. The molecule has 4 nitrogen and oxygen atoms in total. The van der Waals surface area contributed by atoms with Crippen LogP contribution in [0.3, 0.4) is 0 Å². The number of anilines is 2. The van der Waals surface area contributed by atoms with Crippen LogP contribution in [0.2, 0.25) is 0 Å². The Hall–Kier alpha value is -6.52. The molecule has 7 aromatic carbocycles. The first kappa shape index (κ1) is 27.4. The predicted octanol–water partition coefficient (Wildman–Crippen LogP) is 11.4. The molecule has 4 heteroatoms. The van der Waals surface area contributed by atoms with Gasteiger partial charge < -0.3 is 9.47 Å². The van der Waals surface area contributed by atoms with E-state index in [0.717, 1.165) is 28.1 Å². The highest BCUT2D eigenvalue weighted by Crippen LogP contribution is 2.52. The molecule has 0 bridgehead atoms. The molecule has 11 rings (SSSR count). The summed E-state index contributed by atoms with van der Waals surface area (Å²) in [7, 11) is 0. The molecule has 0 amide bonds. The first-order valence-corrected chi connectivity index (χ1v) is 17.3. The van der Waals surface area contributed by atoms with E-state index in [1.54, 1.807) is 0 Å². The van der Waals surface area contributed by atoms with Crippen molar-refractivity contribution < 1.29 is 0 Å². The lowest BCUT2D eigenvalue weighted by Crippen LogP contribution is -2.30. The van der Waals surface area contributed by atoms with Crippen molar-refractivity contribution in [2.24, 2.45) is 0 Å². The van der Waals surface area contributed by atoms with Crippen LogP contribution in [0.15, 0.2) is 170 Å². The van der Waals surface area contributed by atoms with Gasteiger partial charge in [-0.3, -0.25) is 0 Å². The summed E-state index contributed by atoms with van der Waals surface area (Å²) in [5.41, 5.74) is 9.76. The van der Waals surface area contributed by atoms with Crippen LogP contribution in [-0.2, 0) is 0 Å². The molecule has 234 valence electrons. The molecule has 0 radical (unpaired) electrons. The number of hydrogen-bond acceptors (Lipinski definition) is 3. The van der Waals surface area contributed by atoms with Gasteiger partial charge in [0.1, 0.15) is 5.69 Å². The Morgan fingerprint density at radius 2 is 1.14 bits per heavy atom. The number of allylic oxidation sites excluding steroid dienone is 2. The second-order valence-electron chi connectivity index (χ2n) is 13.4. The monoisotopic (exact) mass is 638 g/mol. The van der Waals surface area contributed by atoms with Gasteiger partial charge in [-0.1, -0.05) is 127 Å². The number of rotatable bonds is 3. The van der Waals surface area contributed by atoms with Crippen molar-refractivity contribution >= 4 is 65.9 Å². The van der Waals surface area contributed by atoms with E-state index in [4.69, 9.17) is 9.97 Å². The summed E-state index contributed by atoms with van der Waals surface area (Å²) in [6, 6.07) is 52.4. The van der Waals surface area contributed by atoms with Crippen molar-refractivity contribution in [1.82, 2.24) is 14.5 Å². The summed E-state index contributed by atoms with van der Waals surface area (Å²) in [6.07, 6.45) is 9.04. The number of fused-ring (bicyclic) bond motifs is 9. The standard InChI is InChI=1S/C46H30N4/c1-2-14-30(15-3-1)45-46(48-39-22-10-9-21-38(39)47-45)50-41-23-11-8-20-34(41)36-27-37-35-25-31-16-4-5-17-32(31)26-42(35)49(43(37)28-44(36)50)40-24-12-18-29-13-6-7-19-33(29)40/h1-28,34,41H. The first-order valence-electron chi connectivity index (χ1n) is 17.3. The number of nitrogens with zero attached hydrogens (tertiary/aromatic N) is 4. The average Bonchev–Trinajstić information content (AvgIpc) is 3.66. The normalized spacial score (nSPS) is 16.6. The maximum atomic E-state index is 5.40. The van der Waals surface area contributed by atoms with Crippen LogP contribution in [0, 0.1) is 0 Å². The Balaban J connectivity index is 1.26. The van der Waals surface area contributed by atoms with Crippen LogP contribution in [0.4, 0.5) is 11.5 Å². The summed E-state index contributed by atoms with van der Waals surface area (Å²) < 4.78 is 2.48. The van der Waals surface area contributed by atoms with E-state index in [1.807, 2.05) is 12.1 Å². The van der Waals surface area contributed by atoms with Gasteiger partial charge in [-0.05, 0) is 64.2 Å². The Bertz CT molecular complexity index is 2890. The first-order chi connectivity index (χ1) is 24.8. The lowest BCUT2D eigenvalue weighted by atomic mass is 9.90. The van der Waals surface area contributed by atoms with Crippen LogP contribution in [0.5, 0.6) is 0 Å². The van der Waals surface area contributed by atoms with Crippen molar-refractivity contribution in [1.29, 1.82) is 0 Å². The highest BCUT2D eigenvalue weighted by atomic mass is 15.3. The van der Waals surface area contributed by atoms with Crippen molar-refractivity contribution in [2.45, 2.75) is 12.0 Å². The van der Waals surface area contributed by atoms with Gasteiger partial charge in [-0.2, -0.15) is 0 Å². The van der Waals surface area contributed by atoms with Crippen molar-refractivity contribution in [3.63, 3.8) is 0 Å². The third-order valence-electron chi connectivity index (χ3n) is 10.6. The van der Waals surface area contributed by atoms with Crippen LogP contribution >= 0.6 is 0 Å². The summed E-state index contributed by atoms with van der Waals surface area (Å²) in [5.74, 6) is 1.05. The number of para-hydroxylation sites is 2. The molecule has 50 heavy (non-hydrogen) atoms. The number of aromatic nitrogens is 3. The lowest BCUT2D eigenvalue weighted by Gasteiger charge is -2.29. The molecule has 2 aromatic heterocycles. The van der Waals surface area contributed by atoms with Gasteiger partial charge in [0.2, 0.25) is 0 Å². The number of benzene rings is 7. The van der Waals surface area contributed by atoms with E-state index < -0.39 is 0 Å². The van der Waals surface area contributed by atoms with Gasteiger partial charge in [0.15, 0.2) is 5.82 Å². The zero-order valence-electron chi connectivity index (χ0n) is 27.1. The Labute approximate surface area is 288 Å². The van der Waals surface area contributed by atoms with Gasteiger partial charge in [0.05, 0.1) is 33.8 Å². The van der Waals surface area contributed by atoms with Gasteiger partial charge in [-0.25, -0.2) is 9.97 Å². The van der Waals surface area contributed by atoms with Gasteiger partial charge >= 0.3 is 0 Å². The maximum absolute atomic E-state index is 5.40. The van der Waals surface area contributed by atoms with Crippen molar-refractivity contribution in [3.05, 3.63) is 175 Å². The molecule has 2 aliphatic rings. The molecular weight excluding hydrogens is 609 g/mol. The lowest BCUT2D eigenvalue weighted by molar-refractivity contribution is 0.739. The van der Waals surface area contributed by atoms with E-state index in [1.165, 1.54) is 60.3 Å². The molecule has 2 atom stereocenters. The fraction of sp³-hybridized carbons (Fsp3) is 0.0435. The minimum absolute atomic E-state index is 0.0672. The zero-order chi connectivity index (χ0) is 32.8. The van der Waals surface area contributed by atoms with E-state index in [2.05, 4.69) is 167 Å². The maximum Gasteiger partial charge on any atom is 0.160 e. The molecule has 0 saturated carbocycles. The molecule has 0 N–H and O–H groups in total. The third kappa shape index (κ3) is 3.93. The van der Waals surface area contributed by atoms with Crippen LogP contribution in [0.25, 0.3) is 71.3 Å². The average molecular weight is 639 g/mol. The quantitative estimate of drug-likeness (QED) is 0.193. The summed E-state index contributed by atoms with van der Waals surface area (Å²) in [4.78, 5) is 13.1. The highest BCUT2D eigenvalue weighted by molar-refractivity contribution is 6.16. The van der Waals surface area contributed by atoms with E-state index in [-0.39, 0.29) is 12.0 Å². The van der Waals surface area contributed by atoms with Gasteiger partial charge in [-0.15, -0.1) is 0 Å². The minimum Gasteiger partial charge on any atom is -0.316 e. The fourth-order valence-electron chi connectivity index (χ4n) is 8.39. The van der Waals surface area contributed by atoms with Crippen molar-refractivity contribution in [2.75, 3.05) is 4.90 Å². The zero-order valence-corrected chi connectivity index (χ0v) is 27.1. The molecule has 0 saturated heterocycles. The van der Waals surface area contributed by atoms with Gasteiger partial charge in [0, 0.05) is 33.3 Å². The predicted molar refractivity (Wildman–Crippen MR) is 208 cm³/mol. The van der Waals surface area contributed by atoms with Crippen LogP contribution in [0.1, 0.15) is 11.5 Å². The van der Waals surface area contributed by atoms with E-state index in [9.17, 15) is 0 Å². The molecule has 9 aromatic rings. The second kappa shape index (κ2) is 10.5.